The van der Waals surface area contributed by atoms with Gasteiger partial charge in [0.1, 0.15) is 0 Å². The topological polar surface area (TPSA) is 126 Å². The van der Waals surface area contributed by atoms with Crippen LogP contribution in [-0.4, -0.2) is 39.3 Å². The predicted molar refractivity (Wildman–Crippen MR) is 117 cm³/mol. The van der Waals surface area contributed by atoms with Crippen molar-refractivity contribution in [1.82, 2.24) is 25.7 Å². The summed E-state index contributed by atoms with van der Waals surface area (Å²) in [5.41, 5.74) is 1.80. The number of nitrogens with zero attached hydrogens (tertiary/aromatic N) is 3. The molecule has 0 saturated heterocycles. The fourth-order valence-corrected chi connectivity index (χ4v) is 3.12. The van der Waals surface area contributed by atoms with E-state index in [1.54, 1.807) is 12.1 Å². The number of aromatic nitrogens is 4. The molecule has 158 valence electrons. The molecule has 0 saturated carbocycles. The number of fused-ring (bicyclic) bond motifs is 1. The van der Waals surface area contributed by atoms with Gasteiger partial charge in [-0.1, -0.05) is 53.2 Å². The summed E-state index contributed by atoms with van der Waals surface area (Å²) in [4.78, 5) is 28.3. The number of nitrogens with one attached hydrogen (secondary N) is 3. The number of hydrogen-bond acceptors (Lipinski definition) is 7. The lowest BCUT2D eigenvalue weighted by Gasteiger charge is -2.08. The van der Waals surface area contributed by atoms with Crippen LogP contribution in [0, 0.1) is 6.92 Å². The van der Waals surface area contributed by atoms with Crippen LogP contribution in [-0.2, 0) is 11.2 Å². The Balaban J connectivity index is 1.23. The maximum Gasteiger partial charge on any atom is 0.272 e. The second kappa shape index (κ2) is 9.21. The standard InChI is InChI=1S/C22H22N6O3/c1-14-6-8-15(9-7-14)20-25-19(31-28-20)11-10-18(29)23-12-13-24-21-16-4-2-3-5-17(16)22(30)27-26-21/h2-9H,10-13H2,1H3,(H,23,29)(H,24,26)(H,27,30). The zero-order valence-electron chi connectivity index (χ0n) is 17.0. The van der Waals surface area contributed by atoms with E-state index in [1.807, 2.05) is 43.3 Å². The molecule has 0 unspecified atom stereocenters. The van der Waals surface area contributed by atoms with Gasteiger partial charge in [-0.15, -0.1) is 0 Å². The summed E-state index contributed by atoms with van der Waals surface area (Å²) in [6.45, 7) is 2.89. The van der Waals surface area contributed by atoms with Gasteiger partial charge in [0.25, 0.3) is 5.56 Å². The molecule has 2 aromatic carbocycles. The van der Waals surface area contributed by atoms with Crippen molar-refractivity contribution in [2.45, 2.75) is 19.8 Å². The molecule has 0 spiro atoms. The van der Waals surface area contributed by atoms with Gasteiger partial charge in [0, 0.05) is 36.9 Å². The van der Waals surface area contributed by atoms with Crippen LogP contribution < -0.4 is 16.2 Å². The first-order chi connectivity index (χ1) is 15.1. The Bertz CT molecular complexity index is 1250. The minimum Gasteiger partial charge on any atom is -0.366 e. The van der Waals surface area contributed by atoms with Gasteiger partial charge in [-0.25, -0.2) is 5.10 Å². The molecule has 2 heterocycles. The van der Waals surface area contributed by atoms with E-state index in [2.05, 4.69) is 31.0 Å². The average Bonchev–Trinajstić information content (AvgIpc) is 3.26. The first-order valence-corrected chi connectivity index (χ1v) is 9.98. The molecule has 31 heavy (non-hydrogen) atoms. The van der Waals surface area contributed by atoms with Crippen molar-refractivity contribution in [3.05, 3.63) is 70.3 Å². The Hall–Kier alpha value is -4.01. The number of hydrogen-bond donors (Lipinski definition) is 3. The van der Waals surface area contributed by atoms with Gasteiger partial charge >= 0.3 is 0 Å². The second-order valence-electron chi connectivity index (χ2n) is 7.10. The fraction of sp³-hybridized carbons (Fsp3) is 0.227. The molecule has 0 atom stereocenters. The maximum atomic E-state index is 12.1. The summed E-state index contributed by atoms with van der Waals surface area (Å²) in [6, 6.07) is 15.1. The number of rotatable bonds is 8. The molecular formula is C22H22N6O3. The minimum absolute atomic E-state index is 0.115. The highest BCUT2D eigenvalue weighted by molar-refractivity contribution is 5.90. The van der Waals surface area contributed by atoms with E-state index in [-0.39, 0.29) is 17.9 Å². The van der Waals surface area contributed by atoms with Crippen LogP contribution in [0.5, 0.6) is 0 Å². The minimum atomic E-state index is -0.235. The van der Waals surface area contributed by atoms with Gasteiger partial charge in [0.15, 0.2) is 5.82 Å². The molecule has 2 aromatic heterocycles. The van der Waals surface area contributed by atoms with Gasteiger partial charge in [-0.3, -0.25) is 9.59 Å². The highest BCUT2D eigenvalue weighted by Crippen LogP contribution is 2.17. The Morgan fingerprint density at radius 1 is 1.06 bits per heavy atom. The van der Waals surface area contributed by atoms with Crippen molar-refractivity contribution < 1.29 is 9.32 Å². The third-order valence-corrected chi connectivity index (χ3v) is 4.78. The predicted octanol–water partition coefficient (Wildman–Crippen LogP) is 2.44. The molecular weight excluding hydrogens is 396 g/mol. The van der Waals surface area contributed by atoms with Crippen LogP contribution in [0.25, 0.3) is 22.2 Å². The number of carbonyl (C=O) groups excluding carboxylic acids is 1. The van der Waals surface area contributed by atoms with Gasteiger partial charge < -0.3 is 15.2 Å². The van der Waals surface area contributed by atoms with Crippen LogP contribution in [0.15, 0.2) is 57.8 Å². The van der Waals surface area contributed by atoms with Crippen molar-refractivity contribution in [2.75, 3.05) is 18.4 Å². The van der Waals surface area contributed by atoms with Crippen molar-refractivity contribution in [3.63, 3.8) is 0 Å². The molecule has 0 aliphatic heterocycles. The van der Waals surface area contributed by atoms with Crippen molar-refractivity contribution >= 4 is 22.5 Å². The molecule has 0 aliphatic rings. The molecule has 9 nitrogen and oxygen atoms in total. The molecule has 4 rings (SSSR count). The number of carbonyl (C=O) groups is 1. The Labute approximate surface area is 177 Å². The number of anilines is 1. The lowest BCUT2D eigenvalue weighted by Crippen LogP contribution is -2.29. The Kier molecular flexibility index (Phi) is 6.02. The molecule has 4 aromatic rings. The summed E-state index contributed by atoms with van der Waals surface area (Å²) < 4.78 is 5.24. The van der Waals surface area contributed by atoms with E-state index in [4.69, 9.17) is 4.52 Å². The van der Waals surface area contributed by atoms with Crippen LogP contribution in [0.2, 0.25) is 0 Å². The van der Waals surface area contributed by atoms with E-state index in [9.17, 15) is 9.59 Å². The first kappa shape index (κ1) is 20.3. The summed E-state index contributed by atoms with van der Waals surface area (Å²) in [7, 11) is 0. The summed E-state index contributed by atoms with van der Waals surface area (Å²) in [6.07, 6.45) is 0.611. The van der Waals surface area contributed by atoms with Crippen molar-refractivity contribution in [2.24, 2.45) is 0 Å². The average molecular weight is 418 g/mol. The first-order valence-electron chi connectivity index (χ1n) is 9.98. The lowest BCUT2D eigenvalue weighted by molar-refractivity contribution is -0.121. The van der Waals surface area contributed by atoms with Crippen LogP contribution in [0.4, 0.5) is 5.82 Å². The SMILES string of the molecule is Cc1ccc(-c2noc(CCC(=O)NCCNc3n[nH]c(=O)c4ccccc34)n2)cc1. The molecule has 3 N–H and O–H groups in total. The normalized spacial score (nSPS) is 10.9. The smallest absolute Gasteiger partial charge is 0.272 e. The third kappa shape index (κ3) is 4.95. The van der Waals surface area contributed by atoms with Gasteiger partial charge in [-0.2, -0.15) is 10.1 Å². The monoisotopic (exact) mass is 418 g/mol. The zero-order valence-corrected chi connectivity index (χ0v) is 17.0. The molecule has 9 heteroatoms. The molecule has 0 aliphatic carbocycles. The third-order valence-electron chi connectivity index (χ3n) is 4.78. The number of aryl methyl sites for hydroxylation is 2. The van der Waals surface area contributed by atoms with Crippen LogP contribution in [0.1, 0.15) is 17.9 Å². The van der Waals surface area contributed by atoms with Crippen molar-refractivity contribution in [3.8, 4) is 11.4 Å². The molecule has 0 fully saturated rings. The van der Waals surface area contributed by atoms with Crippen LogP contribution in [0.3, 0.4) is 0 Å². The summed E-state index contributed by atoms with van der Waals surface area (Å²) >= 11 is 0. The van der Waals surface area contributed by atoms with Gasteiger partial charge in [0.05, 0.1) is 5.39 Å². The van der Waals surface area contributed by atoms with Crippen molar-refractivity contribution in [1.29, 1.82) is 0 Å². The number of amides is 1. The summed E-state index contributed by atoms with van der Waals surface area (Å²) in [5.74, 6) is 1.39. The summed E-state index contributed by atoms with van der Waals surface area (Å²) in [5, 5.41) is 17.8. The number of benzene rings is 2. The van der Waals surface area contributed by atoms with E-state index >= 15 is 0 Å². The second-order valence-corrected chi connectivity index (χ2v) is 7.10. The van der Waals surface area contributed by atoms with E-state index < -0.39 is 0 Å². The largest absolute Gasteiger partial charge is 0.366 e. The fourth-order valence-electron chi connectivity index (χ4n) is 3.12. The quantitative estimate of drug-likeness (QED) is 0.375. The lowest BCUT2D eigenvalue weighted by atomic mass is 10.1. The number of aromatic amines is 1. The number of H-pyrrole nitrogens is 1. The highest BCUT2D eigenvalue weighted by atomic mass is 16.5. The molecule has 1 amide bonds. The molecule has 0 radical (unpaired) electrons. The Morgan fingerprint density at radius 3 is 2.65 bits per heavy atom. The maximum absolute atomic E-state index is 12.1. The van der Waals surface area contributed by atoms with Gasteiger partial charge in [-0.05, 0) is 13.0 Å². The van der Waals surface area contributed by atoms with Gasteiger partial charge in [0.2, 0.25) is 17.6 Å². The zero-order chi connectivity index (χ0) is 21.6. The Morgan fingerprint density at radius 2 is 1.84 bits per heavy atom. The van der Waals surface area contributed by atoms with E-state index in [0.717, 1.165) is 16.5 Å². The van der Waals surface area contributed by atoms with E-state index in [0.29, 0.717) is 42.4 Å². The highest BCUT2D eigenvalue weighted by Gasteiger charge is 2.11. The van der Waals surface area contributed by atoms with Crippen LogP contribution >= 0.6 is 0 Å². The molecule has 0 bridgehead atoms. The van der Waals surface area contributed by atoms with E-state index in [1.165, 1.54) is 0 Å².